The molecule has 0 aliphatic heterocycles. The van der Waals surface area contributed by atoms with E-state index in [0.29, 0.717) is 24.0 Å². The second kappa shape index (κ2) is 6.48. The lowest BCUT2D eigenvalue weighted by molar-refractivity contribution is 0.208. The average molecular weight is 242 g/mol. The summed E-state index contributed by atoms with van der Waals surface area (Å²) >= 11 is 5.96. The Hall–Kier alpha value is -1.10. The van der Waals surface area contributed by atoms with Crippen molar-refractivity contribution in [3.63, 3.8) is 0 Å². The number of hydrazine groups is 1. The first-order chi connectivity index (χ1) is 7.67. The number of hydrogen-bond acceptors (Lipinski definition) is 3. The first kappa shape index (κ1) is 13.0. The van der Waals surface area contributed by atoms with Crippen LogP contribution in [0.1, 0.15) is 11.1 Å². The van der Waals surface area contributed by atoms with Gasteiger partial charge in [0.05, 0.1) is 13.2 Å². The summed E-state index contributed by atoms with van der Waals surface area (Å²) in [6, 6.07) is 5.67. The molecule has 0 fully saturated rings. The standard InChI is InChI=1S/C11H16ClN3O/c1-8-5-9(7-10(12)6-8)11(15-13)14-3-4-16-2/h5-7H,3-4,13H2,1-2H3,(H,14,15). The van der Waals surface area contributed by atoms with Crippen LogP contribution in [0.3, 0.4) is 0 Å². The van der Waals surface area contributed by atoms with E-state index in [2.05, 4.69) is 10.4 Å². The third kappa shape index (κ3) is 3.81. The highest BCUT2D eigenvalue weighted by atomic mass is 35.5. The number of rotatable bonds is 4. The summed E-state index contributed by atoms with van der Waals surface area (Å²) in [4.78, 5) is 4.28. The van der Waals surface area contributed by atoms with E-state index in [-0.39, 0.29) is 0 Å². The zero-order valence-electron chi connectivity index (χ0n) is 9.46. The maximum atomic E-state index is 5.96. The molecule has 0 radical (unpaired) electrons. The van der Waals surface area contributed by atoms with E-state index in [1.807, 2.05) is 25.1 Å². The minimum absolute atomic E-state index is 0.557. The van der Waals surface area contributed by atoms with Gasteiger partial charge >= 0.3 is 0 Å². The van der Waals surface area contributed by atoms with Crippen LogP contribution in [-0.4, -0.2) is 26.1 Å². The van der Waals surface area contributed by atoms with Gasteiger partial charge in [0.2, 0.25) is 0 Å². The van der Waals surface area contributed by atoms with Crippen LogP contribution in [0.2, 0.25) is 5.02 Å². The van der Waals surface area contributed by atoms with Crippen molar-refractivity contribution >= 4 is 17.4 Å². The number of hydrogen-bond donors (Lipinski definition) is 2. The van der Waals surface area contributed by atoms with Crippen molar-refractivity contribution in [1.29, 1.82) is 0 Å². The van der Waals surface area contributed by atoms with E-state index in [9.17, 15) is 0 Å². The van der Waals surface area contributed by atoms with Gasteiger partial charge in [0.1, 0.15) is 5.84 Å². The van der Waals surface area contributed by atoms with E-state index in [1.54, 1.807) is 7.11 Å². The lowest BCUT2D eigenvalue weighted by Crippen LogP contribution is -2.31. The highest BCUT2D eigenvalue weighted by Gasteiger charge is 2.03. The van der Waals surface area contributed by atoms with Crippen molar-refractivity contribution in [2.45, 2.75) is 6.92 Å². The number of amidine groups is 1. The van der Waals surface area contributed by atoms with Crippen LogP contribution in [0.4, 0.5) is 0 Å². The highest BCUT2D eigenvalue weighted by Crippen LogP contribution is 2.14. The largest absolute Gasteiger partial charge is 0.383 e. The second-order valence-electron chi connectivity index (χ2n) is 3.38. The van der Waals surface area contributed by atoms with E-state index in [4.69, 9.17) is 22.2 Å². The maximum absolute atomic E-state index is 5.96. The first-order valence-corrected chi connectivity index (χ1v) is 5.32. The summed E-state index contributed by atoms with van der Waals surface area (Å²) < 4.78 is 4.92. The van der Waals surface area contributed by atoms with Crippen molar-refractivity contribution in [3.8, 4) is 0 Å². The SMILES string of the molecule is COCCN=C(NN)c1cc(C)cc(Cl)c1. The minimum Gasteiger partial charge on any atom is -0.383 e. The van der Waals surface area contributed by atoms with Gasteiger partial charge in [-0.2, -0.15) is 0 Å². The Bertz CT molecular complexity index is 359. The predicted molar refractivity (Wildman–Crippen MR) is 66.8 cm³/mol. The normalized spacial score (nSPS) is 11.6. The molecule has 0 unspecified atom stereocenters. The zero-order valence-corrected chi connectivity index (χ0v) is 10.2. The topological polar surface area (TPSA) is 59.6 Å². The monoisotopic (exact) mass is 241 g/mol. The van der Waals surface area contributed by atoms with Crippen molar-refractivity contribution < 1.29 is 4.74 Å². The molecule has 0 amide bonds. The first-order valence-electron chi connectivity index (χ1n) is 4.95. The number of halogens is 1. The number of methoxy groups -OCH3 is 1. The quantitative estimate of drug-likeness (QED) is 0.276. The maximum Gasteiger partial charge on any atom is 0.142 e. The summed E-state index contributed by atoms with van der Waals surface area (Å²) in [5.74, 6) is 6.04. The van der Waals surface area contributed by atoms with E-state index >= 15 is 0 Å². The molecule has 0 aliphatic rings. The zero-order chi connectivity index (χ0) is 12.0. The Morgan fingerprint density at radius 1 is 1.50 bits per heavy atom. The molecule has 1 aromatic rings. The van der Waals surface area contributed by atoms with Gasteiger partial charge in [-0.25, -0.2) is 5.84 Å². The minimum atomic E-state index is 0.557. The Morgan fingerprint density at radius 2 is 2.25 bits per heavy atom. The molecule has 1 aromatic carbocycles. The summed E-state index contributed by atoms with van der Waals surface area (Å²) in [5, 5.41) is 0.671. The van der Waals surface area contributed by atoms with E-state index < -0.39 is 0 Å². The van der Waals surface area contributed by atoms with Gasteiger partial charge < -0.3 is 10.2 Å². The van der Waals surface area contributed by atoms with Crippen LogP contribution in [0.25, 0.3) is 0 Å². The van der Waals surface area contributed by atoms with Gasteiger partial charge in [-0.15, -0.1) is 0 Å². The third-order valence-electron chi connectivity index (χ3n) is 2.02. The molecule has 16 heavy (non-hydrogen) atoms. The molecule has 3 N–H and O–H groups in total. The summed E-state index contributed by atoms with van der Waals surface area (Å²) in [6.07, 6.45) is 0. The molecule has 0 atom stereocenters. The van der Waals surface area contributed by atoms with Gasteiger partial charge in [-0.3, -0.25) is 4.99 Å². The molecule has 1 rings (SSSR count). The van der Waals surface area contributed by atoms with Crippen LogP contribution in [0.15, 0.2) is 23.2 Å². The van der Waals surface area contributed by atoms with Crippen LogP contribution in [0, 0.1) is 6.92 Å². The number of aliphatic imine (C=N–C) groups is 1. The van der Waals surface area contributed by atoms with Crippen LogP contribution < -0.4 is 11.3 Å². The molecule has 4 nitrogen and oxygen atoms in total. The summed E-state index contributed by atoms with van der Waals surface area (Å²) in [5.41, 5.74) is 4.51. The molecule has 0 spiro atoms. The number of aryl methyl sites for hydroxylation is 1. The fraction of sp³-hybridized carbons (Fsp3) is 0.364. The van der Waals surface area contributed by atoms with E-state index in [1.165, 1.54) is 0 Å². The van der Waals surface area contributed by atoms with Gasteiger partial charge in [0, 0.05) is 17.7 Å². The molecular formula is C11H16ClN3O. The average Bonchev–Trinajstić information content (AvgIpc) is 2.23. The Labute approximate surface area is 100 Å². The molecule has 5 heteroatoms. The summed E-state index contributed by atoms with van der Waals surface area (Å²) in [7, 11) is 1.63. The number of nitrogens with zero attached hydrogens (tertiary/aromatic N) is 1. The van der Waals surface area contributed by atoms with Gasteiger partial charge in [0.25, 0.3) is 0 Å². The Morgan fingerprint density at radius 3 is 2.81 bits per heavy atom. The predicted octanol–water partition coefficient (Wildman–Crippen LogP) is 1.50. The van der Waals surface area contributed by atoms with Crippen molar-refractivity contribution in [1.82, 2.24) is 5.43 Å². The Balaban J connectivity index is 2.90. The fourth-order valence-electron chi connectivity index (χ4n) is 1.34. The molecule has 0 heterocycles. The molecule has 0 bridgehead atoms. The van der Waals surface area contributed by atoms with Crippen LogP contribution in [-0.2, 0) is 4.74 Å². The second-order valence-corrected chi connectivity index (χ2v) is 3.82. The number of nitrogens with one attached hydrogen (secondary N) is 1. The lowest BCUT2D eigenvalue weighted by Gasteiger charge is -2.07. The lowest BCUT2D eigenvalue weighted by atomic mass is 10.1. The summed E-state index contributed by atoms with van der Waals surface area (Å²) in [6.45, 7) is 3.09. The van der Waals surface area contributed by atoms with Gasteiger partial charge in [0.15, 0.2) is 0 Å². The molecular weight excluding hydrogens is 226 g/mol. The Kier molecular flexibility index (Phi) is 5.25. The highest BCUT2D eigenvalue weighted by molar-refractivity contribution is 6.31. The third-order valence-corrected chi connectivity index (χ3v) is 2.24. The fourth-order valence-corrected chi connectivity index (χ4v) is 1.63. The molecule has 0 aliphatic carbocycles. The van der Waals surface area contributed by atoms with Crippen LogP contribution >= 0.6 is 11.6 Å². The number of nitrogens with two attached hydrogens (primary N) is 1. The van der Waals surface area contributed by atoms with Gasteiger partial charge in [-0.1, -0.05) is 11.6 Å². The van der Waals surface area contributed by atoms with Crippen molar-refractivity contribution in [2.75, 3.05) is 20.3 Å². The van der Waals surface area contributed by atoms with Crippen molar-refractivity contribution in [3.05, 3.63) is 34.3 Å². The van der Waals surface area contributed by atoms with Gasteiger partial charge in [-0.05, 0) is 30.7 Å². The number of ether oxygens (including phenoxy) is 1. The molecule has 0 saturated carbocycles. The molecule has 0 saturated heterocycles. The number of benzene rings is 1. The van der Waals surface area contributed by atoms with Crippen molar-refractivity contribution in [2.24, 2.45) is 10.8 Å². The molecule has 0 aromatic heterocycles. The van der Waals surface area contributed by atoms with E-state index in [0.717, 1.165) is 11.1 Å². The van der Waals surface area contributed by atoms with Crippen LogP contribution in [0.5, 0.6) is 0 Å². The smallest absolute Gasteiger partial charge is 0.142 e. The molecule has 88 valence electrons.